The quantitative estimate of drug-likeness (QED) is 0.786. The second-order valence-corrected chi connectivity index (χ2v) is 5.73. The van der Waals surface area contributed by atoms with E-state index in [0.29, 0.717) is 12.3 Å². The number of aryl methyl sites for hydroxylation is 2. The average molecular weight is 268 g/mol. The summed E-state index contributed by atoms with van der Waals surface area (Å²) in [5.74, 6) is 0.649. The van der Waals surface area contributed by atoms with Gasteiger partial charge >= 0.3 is 0 Å². The van der Waals surface area contributed by atoms with Crippen molar-refractivity contribution in [2.75, 3.05) is 5.88 Å². The lowest BCUT2D eigenvalue weighted by molar-refractivity contribution is -0.122. The molecule has 0 bridgehead atoms. The molecular formula is C15H22ClNO. The largest absolute Gasteiger partial charge is 0.351 e. The molecule has 3 heteroatoms. The van der Waals surface area contributed by atoms with Crippen molar-refractivity contribution in [1.82, 2.24) is 5.32 Å². The Morgan fingerprint density at radius 2 is 1.89 bits per heavy atom. The summed E-state index contributed by atoms with van der Waals surface area (Å²) in [7, 11) is 0. The number of carbonyl (C=O) groups excluding carboxylic acids is 1. The Kier molecular flexibility index (Phi) is 5.67. The van der Waals surface area contributed by atoms with E-state index in [4.69, 9.17) is 11.6 Å². The predicted octanol–water partition coefficient (Wildman–Crippen LogP) is 3.45. The summed E-state index contributed by atoms with van der Waals surface area (Å²) >= 11 is 5.71. The highest BCUT2D eigenvalue weighted by Crippen LogP contribution is 2.11. The standard InChI is InChI=1S/C15H22ClNO/c1-12-4-6-13(7-5-12)8-9-14(18)17-15(2,3)10-11-16/h4-7H,8-11H2,1-3H3,(H,17,18). The molecule has 0 atom stereocenters. The number of hydrogen-bond donors (Lipinski definition) is 1. The maximum Gasteiger partial charge on any atom is 0.220 e. The Hall–Kier alpha value is -1.02. The van der Waals surface area contributed by atoms with E-state index in [-0.39, 0.29) is 11.4 Å². The van der Waals surface area contributed by atoms with Crippen LogP contribution in [0.2, 0.25) is 0 Å². The first-order valence-electron chi connectivity index (χ1n) is 6.35. The normalized spacial score (nSPS) is 11.3. The predicted molar refractivity (Wildman–Crippen MR) is 77.1 cm³/mol. The molecular weight excluding hydrogens is 246 g/mol. The lowest BCUT2D eigenvalue weighted by Crippen LogP contribution is -2.43. The molecule has 0 fully saturated rings. The van der Waals surface area contributed by atoms with Crippen molar-refractivity contribution in [3.63, 3.8) is 0 Å². The summed E-state index contributed by atoms with van der Waals surface area (Å²) in [4.78, 5) is 11.8. The van der Waals surface area contributed by atoms with E-state index in [2.05, 4.69) is 36.5 Å². The van der Waals surface area contributed by atoms with Gasteiger partial charge in [-0.25, -0.2) is 0 Å². The number of hydrogen-bond acceptors (Lipinski definition) is 1. The fourth-order valence-electron chi connectivity index (χ4n) is 1.75. The Bertz CT molecular complexity index is 384. The summed E-state index contributed by atoms with van der Waals surface area (Å²) < 4.78 is 0. The topological polar surface area (TPSA) is 29.1 Å². The molecule has 0 aliphatic carbocycles. The number of carbonyl (C=O) groups is 1. The zero-order chi connectivity index (χ0) is 13.6. The van der Waals surface area contributed by atoms with Gasteiger partial charge in [0.05, 0.1) is 0 Å². The molecule has 0 radical (unpaired) electrons. The van der Waals surface area contributed by atoms with Gasteiger partial charge in [0.15, 0.2) is 0 Å². The second-order valence-electron chi connectivity index (χ2n) is 5.36. The van der Waals surface area contributed by atoms with Crippen LogP contribution in [-0.4, -0.2) is 17.3 Å². The first kappa shape index (κ1) is 15.0. The third-order valence-corrected chi connectivity index (χ3v) is 3.15. The fourth-order valence-corrected chi connectivity index (χ4v) is 2.22. The minimum absolute atomic E-state index is 0.0886. The number of halogens is 1. The molecule has 0 saturated heterocycles. The highest BCUT2D eigenvalue weighted by atomic mass is 35.5. The Labute approximate surface area is 115 Å². The molecule has 1 N–H and O–H groups in total. The van der Waals surface area contributed by atoms with Crippen molar-refractivity contribution in [3.8, 4) is 0 Å². The third-order valence-electron chi connectivity index (χ3n) is 2.96. The van der Waals surface area contributed by atoms with Crippen molar-refractivity contribution in [3.05, 3.63) is 35.4 Å². The molecule has 1 amide bonds. The highest BCUT2D eigenvalue weighted by molar-refractivity contribution is 6.17. The van der Waals surface area contributed by atoms with Gasteiger partial charge in [-0.05, 0) is 39.2 Å². The van der Waals surface area contributed by atoms with Crippen molar-refractivity contribution in [2.45, 2.75) is 45.6 Å². The van der Waals surface area contributed by atoms with Gasteiger partial charge in [-0.2, -0.15) is 0 Å². The van der Waals surface area contributed by atoms with Gasteiger partial charge in [-0.3, -0.25) is 4.79 Å². The van der Waals surface area contributed by atoms with E-state index in [1.54, 1.807) is 0 Å². The van der Waals surface area contributed by atoms with Crippen molar-refractivity contribution in [2.24, 2.45) is 0 Å². The molecule has 0 spiro atoms. The SMILES string of the molecule is Cc1ccc(CCC(=O)NC(C)(C)CCCl)cc1. The van der Waals surface area contributed by atoms with Gasteiger partial charge in [0.1, 0.15) is 0 Å². The lowest BCUT2D eigenvalue weighted by atomic mass is 10.0. The van der Waals surface area contributed by atoms with Gasteiger partial charge in [-0.15, -0.1) is 11.6 Å². The van der Waals surface area contributed by atoms with Gasteiger partial charge in [-0.1, -0.05) is 29.8 Å². The lowest BCUT2D eigenvalue weighted by Gasteiger charge is -2.25. The molecule has 1 aromatic carbocycles. The Balaban J connectivity index is 2.39. The Morgan fingerprint density at radius 1 is 1.28 bits per heavy atom. The van der Waals surface area contributed by atoms with E-state index in [9.17, 15) is 4.79 Å². The number of nitrogens with one attached hydrogen (secondary N) is 1. The van der Waals surface area contributed by atoms with Crippen LogP contribution in [0.5, 0.6) is 0 Å². The minimum Gasteiger partial charge on any atom is -0.351 e. The molecule has 0 aliphatic heterocycles. The maximum atomic E-state index is 11.8. The molecule has 0 aliphatic rings. The van der Waals surface area contributed by atoms with Crippen molar-refractivity contribution in [1.29, 1.82) is 0 Å². The van der Waals surface area contributed by atoms with Crippen LogP contribution < -0.4 is 5.32 Å². The summed E-state index contributed by atoms with van der Waals surface area (Å²) in [6, 6.07) is 8.30. The molecule has 1 rings (SSSR count). The van der Waals surface area contributed by atoms with Crippen LogP contribution in [0.25, 0.3) is 0 Å². The first-order chi connectivity index (χ1) is 8.43. The first-order valence-corrected chi connectivity index (χ1v) is 6.89. The van der Waals surface area contributed by atoms with Gasteiger partial charge in [0.2, 0.25) is 5.91 Å². The molecule has 0 heterocycles. The highest BCUT2D eigenvalue weighted by Gasteiger charge is 2.19. The summed E-state index contributed by atoms with van der Waals surface area (Å²) in [5, 5.41) is 3.02. The fraction of sp³-hybridized carbons (Fsp3) is 0.533. The van der Waals surface area contributed by atoms with Crippen LogP contribution in [0.4, 0.5) is 0 Å². The van der Waals surface area contributed by atoms with Gasteiger partial charge in [0.25, 0.3) is 0 Å². The van der Waals surface area contributed by atoms with E-state index >= 15 is 0 Å². The van der Waals surface area contributed by atoms with Crippen LogP contribution in [0.15, 0.2) is 24.3 Å². The molecule has 18 heavy (non-hydrogen) atoms. The van der Waals surface area contributed by atoms with Crippen molar-refractivity contribution >= 4 is 17.5 Å². The smallest absolute Gasteiger partial charge is 0.220 e. The summed E-state index contributed by atoms with van der Waals surface area (Å²) in [6.07, 6.45) is 2.09. The van der Waals surface area contributed by atoms with E-state index in [0.717, 1.165) is 12.8 Å². The number of amides is 1. The Morgan fingerprint density at radius 3 is 2.44 bits per heavy atom. The van der Waals surface area contributed by atoms with Crippen molar-refractivity contribution < 1.29 is 4.79 Å². The molecule has 2 nitrogen and oxygen atoms in total. The van der Waals surface area contributed by atoms with Crippen LogP contribution in [0.1, 0.15) is 37.8 Å². The maximum absolute atomic E-state index is 11.8. The van der Waals surface area contributed by atoms with Crippen LogP contribution >= 0.6 is 11.6 Å². The minimum atomic E-state index is -0.216. The number of benzene rings is 1. The third kappa shape index (κ3) is 5.54. The van der Waals surface area contributed by atoms with Gasteiger partial charge in [0, 0.05) is 17.8 Å². The molecule has 0 unspecified atom stereocenters. The monoisotopic (exact) mass is 267 g/mol. The van der Waals surface area contributed by atoms with Crippen LogP contribution in [0.3, 0.4) is 0 Å². The van der Waals surface area contributed by atoms with Crippen LogP contribution in [-0.2, 0) is 11.2 Å². The molecule has 1 aromatic rings. The summed E-state index contributed by atoms with van der Waals surface area (Å²) in [5.41, 5.74) is 2.23. The molecule has 100 valence electrons. The second kappa shape index (κ2) is 6.79. The molecule has 0 aromatic heterocycles. The zero-order valence-corrected chi connectivity index (χ0v) is 12.2. The summed E-state index contributed by atoms with van der Waals surface area (Å²) in [6.45, 7) is 6.06. The van der Waals surface area contributed by atoms with Crippen LogP contribution in [0, 0.1) is 6.92 Å². The van der Waals surface area contributed by atoms with E-state index in [1.165, 1.54) is 11.1 Å². The van der Waals surface area contributed by atoms with E-state index < -0.39 is 0 Å². The number of alkyl halides is 1. The van der Waals surface area contributed by atoms with Gasteiger partial charge < -0.3 is 5.32 Å². The molecule has 0 saturated carbocycles. The van der Waals surface area contributed by atoms with E-state index in [1.807, 2.05) is 13.8 Å². The number of rotatable bonds is 6. The zero-order valence-electron chi connectivity index (χ0n) is 11.4. The average Bonchev–Trinajstić information content (AvgIpc) is 2.27.